The molecule has 0 aromatic carbocycles. The first kappa shape index (κ1) is 21.8. The van der Waals surface area contributed by atoms with E-state index >= 15 is 0 Å². The molecule has 0 rings (SSSR count). The topological polar surface area (TPSA) is 44.8 Å². The molecule has 0 N–H and O–H groups in total. The van der Waals surface area contributed by atoms with Crippen molar-refractivity contribution in [3.05, 3.63) is 11.3 Å². The number of ether oxygens (including phenoxy) is 1. The van der Waals surface area contributed by atoms with Crippen molar-refractivity contribution in [3.8, 4) is 0 Å². The van der Waals surface area contributed by atoms with E-state index in [-0.39, 0.29) is 5.97 Å². The van der Waals surface area contributed by atoms with Gasteiger partial charge in [0.05, 0.1) is 12.3 Å². The van der Waals surface area contributed by atoms with Gasteiger partial charge < -0.3 is 13.0 Å². The Labute approximate surface area is 139 Å². The molecule has 7 heteroatoms. The summed E-state index contributed by atoms with van der Waals surface area (Å²) in [6.07, 6.45) is 4.98. The number of unbranched alkanes of at least 4 members (excludes halogenated alkanes) is 2. The van der Waals surface area contributed by atoms with Gasteiger partial charge in [0.25, 0.3) is 0 Å². The van der Waals surface area contributed by atoms with Crippen LogP contribution in [-0.4, -0.2) is 38.3 Å². The molecule has 22 heavy (non-hydrogen) atoms. The van der Waals surface area contributed by atoms with Crippen molar-refractivity contribution in [1.29, 1.82) is 0 Å². The lowest BCUT2D eigenvalue weighted by Gasteiger charge is -2.39. The van der Waals surface area contributed by atoms with Crippen LogP contribution in [0, 0.1) is 0 Å². The molecule has 0 saturated carbocycles. The number of hydrogen-bond donors (Lipinski definition) is 0. The smallest absolute Gasteiger partial charge is 0.355 e. The van der Waals surface area contributed by atoms with Crippen LogP contribution < -0.4 is 0 Å². The average Bonchev–Trinajstić information content (AvgIpc) is 2.28. The van der Waals surface area contributed by atoms with Gasteiger partial charge in [-0.15, -0.1) is 0 Å². The van der Waals surface area contributed by atoms with Gasteiger partial charge in [-0.05, 0) is 52.2 Å². The molecule has 0 aromatic rings. The lowest BCUT2D eigenvalue weighted by molar-refractivity contribution is -0.135. The maximum atomic E-state index is 12.3. The molecule has 0 aliphatic heterocycles. The Morgan fingerprint density at radius 1 is 0.955 bits per heavy atom. The monoisotopic (exact) mass is 362 g/mol. The van der Waals surface area contributed by atoms with Gasteiger partial charge >= 0.3 is 14.5 Å². The van der Waals surface area contributed by atoms with Gasteiger partial charge in [-0.25, -0.2) is 4.79 Å². The summed E-state index contributed by atoms with van der Waals surface area (Å²) in [5.74, 6) is -0.304. The zero-order chi connectivity index (χ0) is 17.6. The summed E-state index contributed by atoms with van der Waals surface area (Å²) in [5, 5.41) is 0.633. The van der Waals surface area contributed by atoms with Crippen molar-refractivity contribution in [3.63, 3.8) is 0 Å². The van der Waals surface area contributed by atoms with E-state index in [1.54, 1.807) is 0 Å². The number of esters is 1. The third-order valence-electron chi connectivity index (χ3n) is 2.80. The maximum absolute atomic E-state index is 12.3. The van der Waals surface area contributed by atoms with E-state index in [1.807, 2.05) is 12.6 Å². The minimum atomic E-state index is -2.77. The Morgan fingerprint density at radius 3 is 1.73 bits per heavy atom. The molecule has 0 fully saturated rings. The predicted octanol–water partition coefficient (Wildman–Crippen LogP) is 4.59. The summed E-state index contributed by atoms with van der Waals surface area (Å²) in [7, 11) is -5.05. The molecule has 0 atom stereocenters. The van der Waals surface area contributed by atoms with E-state index in [4.69, 9.17) is 13.0 Å². The lowest BCUT2D eigenvalue weighted by atomic mass is 10.2. The molecule has 0 amide bonds. The van der Waals surface area contributed by atoms with E-state index in [1.165, 1.54) is 7.11 Å². The van der Waals surface area contributed by atoms with Crippen molar-refractivity contribution in [2.24, 2.45) is 0 Å². The highest BCUT2D eigenvalue weighted by Crippen LogP contribution is 2.28. The number of carbonyl (C=O) groups excluding carboxylic acids is 1. The van der Waals surface area contributed by atoms with Crippen LogP contribution in [0.4, 0.5) is 0 Å². The van der Waals surface area contributed by atoms with Gasteiger partial charge in [0.2, 0.25) is 0 Å². The lowest BCUT2D eigenvalue weighted by Crippen LogP contribution is -2.55. The molecule has 0 aliphatic carbocycles. The molecule has 0 saturated heterocycles. The van der Waals surface area contributed by atoms with E-state index in [0.717, 1.165) is 19.3 Å². The van der Waals surface area contributed by atoms with Gasteiger partial charge in [0.15, 0.2) is 16.6 Å². The molecular weight excluding hydrogens is 328 g/mol. The molecule has 0 radical (unpaired) electrons. The SMILES string of the molecule is CCCC/C=C(\C(=O)OC)[Si](C)(O[Si](C)(C)C)O[Si](C)(C)C. The van der Waals surface area contributed by atoms with E-state index in [2.05, 4.69) is 46.2 Å². The fourth-order valence-electron chi connectivity index (χ4n) is 2.31. The Bertz CT molecular complexity index is 379. The summed E-state index contributed by atoms with van der Waals surface area (Å²) in [6, 6.07) is 0. The van der Waals surface area contributed by atoms with E-state index < -0.39 is 25.2 Å². The van der Waals surface area contributed by atoms with E-state index in [9.17, 15) is 4.79 Å². The third kappa shape index (κ3) is 8.42. The molecule has 0 aromatic heterocycles. The van der Waals surface area contributed by atoms with Crippen LogP contribution in [0.15, 0.2) is 11.3 Å². The quantitative estimate of drug-likeness (QED) is 0.260. The van der Waals surface area contributed by atoms with Crippen molar-refractivity contribution in [1.82, 2.24) is 0 Å². The van der Waals surface area contributed by atoms with Crippen LogP contribution in [0.2, 0.25) is 45.8 Å². The van der Waals surface area contributed by atoms with Crippen LogP contribution in [0.3, 0.4) is 0 Å². The molecular formula is C15H34O4Si3. The van der Waals surface area contributed by atoms with Crippen LogP contribution in [0.25, 0.3) is 0 Å². The number of carbonyl (C=O) groups is 1. The zero-order valence-electron chi connectivity index (χ0n) is 15.8. The van der Waals surface area contributed by atoms with Gasteiger partial charge in [-0.2, -0.15) is 0 Å². The van der Waals surface area contributed by atoms with Crippen LogP contribution in [0.5, 0.6) is 0 Å². The molecule has 4 nitrogen and oxygen atoms in total. The van der Waals surface area contributed by atoms with Crippen LogP contribution in [0.1, 0.15) is 26.2 Å². The number of allylic oxidation sites excluding steroid dienone is 1. The Kier molecular flexibility index (Phi) is 8.50. The number of methoxy groups -OCH3 is 1. The summed E-state index contributed by atoms with van der Waals surface area (Å²) in [5.41, 5.74) is 0. The molecule has 130 valence electrons. The second-order valence-corrected chi connectivity index (χ2v) is 20.1. The van der Waals surface area contributed by atoms with Gasteiger partial charge in [-0.3, -0.25) is 0 Å². The zero-order valence-corrected chi connectivity index (χ0v) is 18.8. The van der Waals surface area contributed by atoms with Crippen molar-refractivity contribution in [2.45, 2.75) is 72.0 Å². The van der Waals surface area contributed by atoms with E-state index in [0.29, 0.717) is 5.20 Å². The minimum absolute atomic E-state index is 0.304. The van der Waals surface area contributed by atoms with Crippen molar-refractivity contribution in [2.75, 3.05) is 7.11 Å². The van der Waals surface area contributed by atoms with Gasteiger partial charge in [0.1, 0.15) is 0 Å². The standard InChI is InChI=1S/C15H34O4Si3/c1-10-11-12-13-14(15(16)17-2)22(9,18-20(3,4)5)19-21(6,7)8/h13H,10-12H2,1-9H3/b14-13+. The highest BCUT2D eigenvalue weighted by molar-refractivity contribution is 6.93. The second-order valence-electron chi connectivity index (χ2n) is 7.63. The summed E-state index contributed by atoms with van der Waals surface area (Å²) in [6.45, 7) is 16.9. The van der Waals surface area contributed by atoms with Crippen molar-refractivity contribution >= 4 is 31.2 Å². The average molecular weight is 363 g/mol. The Hall–Kier alpha value is -0.219. The molecule has 0 bridgehead atoms. The van der Waals surface area contributed by atoms with Gasteiger partial charge in [0, 0.05) is 0 Å². The normalized spacial score (nSPS) is 14.1. The Balaban J connectivity index is 5.72. The van der Waals surface area contributed by atoms with Crippen molar-refractivity contribution < 1.29 is 17.8 Å². The fraction of sp³-hybridized carbons (Fsp3) is 0.800. The third-order valence-corrected chi connectivity index (χ3v) is 12.2. The van der Waals surface area contributed by atoms with Gasteiger partial charge in [-0.1, -0.05) is 25.8 Å². The first-order valence-electron chi connectivity index (χ1n) is 8.04. The minimum Gasteiger partial charge on any atom is -0.466 e. The highest BCUT2D eigenvalue weighted by Gasteiger charge is 2.46. The maximum Gasteiger partial charge on any atom is 0.355 e. The summed E-state index contributed by atoms with van der Waals surface area (Å²) in [4.78, 5) is 12.3. The fourth-order valence-corrected chi connectivity index (χ4v) is 14.1. The summed E-state index contributed by atoms with van der Waals surface area (Å²) < 4.78 is 17.9. The van der Waals surface area contributed by atoms with Crippen LogP contribution in [-0.2, 0) is 17.8 Å². The largest absolute Gasteiger partial charge is 0.466 e. The number of rotatable bonds is 9. The first-order valence-corrected chi connectivity index (χ1v) is 17.2. The highest BCUT2D eigenvalue weighted by atomic mass is 28.5. The predicted molar refractivity (Wildman–Crippen MR) is 100 cm³/mol. The Morgan fingerprint density at radius 2 is 1.41 bits per heavy atom. The molecule has 0 spiro atoms. The molecule has 0 unspecified atom stereocenters. The van der Waals surface area contributed by atoms with Crippen LogP contribution >= 0.6 is 0 Å². The first-order chi connectivity index (χ1) is 9.84. The molecule has 0 aliphatic rings. The molecule has 0 heterocycles. The summed E-state index contributed by atoms with van der Waals surface area (Å²) >= 11 is 0. The number of hydrogen-bond acceptors (Lipinski definition) is 4. The second kappa shape index (κ2) is 8.58.